The van der Waals surface area contributed by atoms with E-state index in [4.69, 9.17) is 11.3 Å². The topological polar surface area (TPSA) is 18.1 Å². The standard InChI is InChI=1S/C68H45NOSi/c1-4-19-44(20-5-1)45-21-16-26-50(41-45)71(48-22-6-2-7-23-48,49-24-8-3-9-25-49)64-36-18-32-56-65-53-29-10-11-30-54(53)68(67(56)64)66-55(65)31-17-34-61(66)69-59-33-14-12-27-51(59)57-42-46(37-39-60(57)69)47-38-40-63-58(43-47)52-28-13-15-35-62(52)70-63/h1-43,65,68H/i1D,4D,5D,19D,20D. The molecule has 0 fully saturated rings. The Balaban J connectivity index is 0.991. The Bertz CT molecular complexity index is 4490. The fraction of sp³-hybridized carbons (Fsp3) is 0.0294. The summed E-state index contributed by atoms with van der Waals surface area (Å²) in [5, 5.41) is 9.29. The Hall–Kier alpha value is -8.76. The van der Waals surface area contributed by atoms with Gasteiger partial charge in [0.15, 0.2) is 8.07 Å². The van der Waals surface area contributed by atoms with E-state index in [1.54, 1.807) is 0 Å². The normalized spacial score (nSPS) is 15.7. The number of benzene rings is 11. The van der Waals surface area contributed by atoms with Gasteiger partial charge in [-0.3, -0.25) is 0 Å². The third-order valence-electron chi connectivity index (χ3n) is 15.6. The predicted molar refractivity (Wildman–Crippen MR) is 297 cm³/mol. The molecule has 0 N–H and O–H groups in total. The van der Waals surface area contributed by atoms with Crippen LogP contribution < -0.4 is 20.7 Å². The number of fused-ring (bicyclic) bond motifs is 6. The molecule has 0 saturated heterocycles. The summed E-state index contributed by atoms with van der Waals surface area (Å²) in [5.41, 5.74) is 16.1. The highest BCUT2D eigenvalue weighted by molar-refractivity contribution is 7.20. The van der Waals surface area contributed by atoms with Crippen LogP contribution in [0.1, 0.15) is 52.1 Å². The molecule has 0 aliphatic heterocycles. The lowest BCUT2D eigenvalue weighted by Gasteiger charge is -2.47. The fourth-order valence-corrected chi connectivity index (χ4v) is 17.8. The van der Waals surface area contributed by atoms with E-state index in [1.807, 2.05) is 24.3 Å². The number of nitrogens with zero attached hydrogens (tertiary/aromatic N) is 1. The Morgan fingerprint density at radius 1 is 0.366 bits per heavy atom. The first-order valence-corrected chi connectivity index (χ1v) is 26.4. The average molecular weight is 925 g/mol. The lowest BCUT2D eigenvalue weighted by molar-refractivity contribution is 0.669. The van der Waals surface area contributed by atoms with Crippen molar-refractivity contribution in [2.24, 2.45) is 0 Å². The smallest absolute Gasteiger partial charge is 0.179 e. The molecule has 13 aromatic rings. The molecular formula is C68H45NOSi. The number of aromatic nitrogens is 1. The van der Waals surface area contributed by atoms with Crippen LogP contribution in [0.3, 0.4) is 0 Å². The predicted octanol–water partition coefficient (Wildman–Crippen LogP) is 14.4. The van der Waals surface area contributed by atoms with Gasteiger partial charge in [0, 0.05) is 33.4 Å². The summed E-state index contributed by atoms with van der Waals surface area (Å²) in [4.78, 5) is 0. The summed E-state index contributed by atoms with van der Waals surface area (Å²) >= 11 is 0. The van der Waals surface area contributed by atoms with Gasteiger partial charge in [-0.15, -0.1) is 0 Å². The Labute approximate surface area is 420 Å². The molecule has 332 valence electrons. The third kappa shape index (κ3) is 5.81. The van der Waals surface area contributed by atoms with Crippen molar-refractivity contribution in [3.8, 4) is 27.9 Å². The first-order chi connectivity index (χ1) is 37.3. The van der Waals surface area contributed by atoms with Crippen molar-refractivity contribution in [3.05, 3.63) is 294 Å². The van der Waals surface area contributed by atoms with Gasteiger partial charge in [-0.2, -0.15) is 0 Å². The van der Waals surface area contributed by atoms with Crippen molar-refractivity contribution < 1.29 is 11.3 Å². The van der Waals surface area contributed by atoms with Gasteiger partial charge in [-0.25, -0.2) is 0 Å². The lowest BCUT2D eigenvalue weighted by atomic mass is 9.60. The summed E-state index contributed by atoms with van der Waals surface area (Å²) in [5.74, 6) is -0.204. The van der Waals surface area contributed by atoms with Crippen LogP contribution in [-0.2, 0) is 0 Å². The van der Waals surface area contributed by atoms with Gasteiger partial charge in [0.1, 0.15) is 11.2 Å². The number of para-hydroxylation sites is 2. The van der Waals surface area contributed by atoms with E-state index in [9.17, 15) is 0 Å². The molecule has 2 bridgehead atoms. The van der Waals surface area contributed by atoms with Gasteiger partial charge in [-0.05, 0) is 119 Å². The van der Waals surface area contributed by atoms with Crippen LogP contribution in [0.15, 0.2) is 265 Å². The van der Waals surface area contributed by atoms with E-state index < -0.39 is 14.1 Å². The molecule has 2 atom stereocenters. The molecule has 3 aliphatic rings. The van der Waals surface area contributed by atoms with Gasteiger partial charge in [0.2, 0.25) is 0 Å². The molecule has 2 heterocycles. The summed E-state index contributed by atoms with van der Waals surface area (Å²) in [6.45, 7) is 0. The molecule has 71 heavy (non-hydrogen) atoms. The highest BCUT2D eigenvalue weighted by Crippen LogP contribution is 2.57. The summed E-state index contributed by atoms with van der Waals surface area (Å²) in [6, 6.07) is 82.0. The van der Waals surface area contributed by atoms with E-state index in [-0.39, 0.29) is 41.6 Å². The van der Waals surface area contributed by atoms with Crippen molar-refractivity contribution in [2.45, 2.75) is 11.8 Å². The molecule has 0 amide bonds. The monoisotopic (exact) mass is 924 g/mol. The van der Waals surface area contributed by atoms with Gasteiger partial charge in [-0.1, -0.05) is 218 Å². The van der Waals surface area contributed by atoms with Crippen LogP contribution in [-0.4, -0.2) is 12.6 Å². The molecule has 3 heteroatoms. The van der Waals surface area contributed by atoms with Crippen molar-refractivity contribution in [3.63, 3.8) is 0 Å². The van der Waals surface area contributed by atoms with Gasteiger partial charge >= 0.3 is 0 Å². The van der Waals surface area contributed by atoms with E-state index in [1.165, 1.54) is 59.7 Å². The van der Waals surface area contributed by atoms with Crippen molar-refractivity contribution in [2.75, 3.05) is 0 Å². The van der Waals surface area contributed by atoms with Gasteiger partial charge in [0.25, 0.3) is 0 Å². The zero-order valence-corrected chi connectivity index (χ0v) is 39.4. The summed E-state index contributed by atoms with van der Waals surface area (Å²) < 4.78 is 52.8. The number of rotatable bonds is 7. The average Bonchev–Trinajstić information content (AvgIpc) is 4.11. The SMILES string of the molecule is [2H]c1c([2H])c([2H])c(-c2cccc([Si](c3ccccc3)(c3ccccc3)c3cccc4c3C3c5ccccc5C4c4cccc(-n5c6ccccc6c6cc(-c7ccc8oc9ccccc9c8c7)ccc65)c43)c2)c([2H])c1[2H]. The largest absolute Gasteiger partial charge is 0.456 e. The maximum Gasteiger partial charge on any atom is 0.179 e. The third-order valence-corrected chi connectivity index (χ3v) is 20.4. The first-order valence-electron chi connectivity index (χ1n) is 26.9. The van der Waals surface area contributed by atoms with Crippen LogP contribution >= 0.6 is 0 Å². The van der Waals surface area contributed by atoms with Crippen molar-refractivity contribution in [1.82, 2.24) is 4.57 Å². The summed E-state index contributed by atoms with van der Waals surface area (Å²) in [7, 11) is -3.40. The molecule has 0 radical (unpaired) electrons. The van der Waals surface area contributed by atoms with Crippen molar-refractivity contribution >= 4 is 72.6 Å². The number of hydrogen-bond acceptors (Lipinski definition) is 1. The lowest BCUT2D eigenvalue weighted by Crippen LogP contribution is -2.75. The Morgan fingerprint density at radius 3 is 1.72 bits per heavy atom. The molecule has 16 rings (SSSR count). The molecule has 0 spiro atoms. The second-order valence-electron chi connectivity index (χ2n) is 19.0. The number of furan rings is 1. The molecule has 0 saturated carbocycles. The Kier molecular flexibility index (Phi) is 7.78. The molecule has 11 aromatic carbocycles. The van der Waals surface area contributed by atoms with Crippen molar-refractivity contribution in [1.29, 1.82) is 0 Å². The van der Waals surface area contributed by atoms with Crippen LogP contribution in [0.25, 0.3) is 71.7 Å². The fourth-order valence-electron chi connectivity index (χ4n) is 12.8. The zero-order chi connectivity index (χ0) is 51.0. The maximum absolute atomic E-state index is 9.12. The van der Waals surface area contributed by atoms with E-state index in [2.05, 4.69) is 211 Å². The molecular weight excluding hydrogens is 875 g/mol. The van der Waals surface area contributed by atoms with E-state index in [0.29, 0.717) is 5.56 Å². The van der Waals surface area contributed by atoms with Crippen LogP contribution in [0.5, 0.6) is 0 Å². The second kappa shape index (κ2) is 15.6. The Morgan fingerprint density at radius 2 is 0.930 bits per heavy atom. The van der Waals surface area contributed by atoms with Gasteiger partial charge in [0.05, 0.1) is 23.6 Å². The zero-order valence-electron chi connectivity index (χ0n) is 43.4. The summed E-state index contributed by atoms with van der Waals surface area (Å²) in [6.07, 6.45) is 0. The quantitative estimate of drug-likeness (QED) is 0.115. The van der Waals surface area contributed by atoms with E-state index >= 15 is 0 Å². The molecule has 2 unspecified atom stereocenters. The number of hydrogen-bond donors (Lipinski definition) is 0. The second-order valence-corrected chi connectivity index (χ2v) is 22.8. The highest BCUT2D eigenvalue weighted by Gasteiger charge is 2.50. The minimum absolute atomic E-state index is 0.0459. The minimum atomic E-state index is -3.40. The minimum Gasteiger partial charge on any atom is -0.456 e. The van der Waals surface area contributed by atoms with Gasteiger partial charge < -0.3 is 8.98 Å². The van der Waals surface area contributed by atoms with Crippen LogP contribution in [0.2, 0.25) is 0 Å². The molecule has 2 aromatic heterocycles. The molecule has 2 nitrogen and oxygen atoms in total. The first kappa shape index (κ1) is 35.4. The maximum atomic E-state index is 9.12. The highest BCUT2D eigenvalue weighted by atomic mass is 28.3. The van der Waals surface area contributed by atoms with E-state index in [0.717, 1.165) is 55.0 Å². The molecule has 3 aliphatic carbocycles. The van der Waals surface area contributed by atoms with Crippen LogP contribution in [0, 0.1) is 0 Å². The van der Waals surface area contributed by atoms with Crippen LogP contribution in [0.4, 0.5) is 0 Å².